The number of halogens is 1. The molecule has 0 aromatic rings. The third kappa shape index (κ3) is 3.32. The molecule has 0 spiro atoms. The van der Waals surface area contributed by atoms with E-state index in [-0.39, 0.29) is 0 Å². The van der Waals surface area contributed by atoms with Gasteiger partial charge in [0.2, 0.25) is 0 Å². The summed E-state index contributed by atoms with van der Waals surface area (Å²) in [6, 6.07) is 0. The molecule has 0 nitrogen and oxygen atoms in total. The van der Waals surface area contributed by atoms with Crippen molar-refractivity contribution in [2.75, 3.05) is 0 Å². The van der Waals surface area contributed by atoms with Gasteiger partial charge in [-0.15, -0.1) is 0 Å². The first-order valence-electron chi connectivity index (χ1n) is 6.30. The highest BCUT2D eigenvalue weighted by Gasteiger charge is 2.10. The van der Waals surface area contributed by atoms with Crippen molar-refractivity contribution >= 4 is 15.9 Å². The van der Waals surface area contributed by atoms with Crippen LogP contribution in [0, 0.1) is 5.92 Å². The summed E-state index contributed by atoms with van der Waals surface area (Å²) in [7, 11) is 0. The van der Waals surface area contributed by atoms with Crippen molar-refractivity contribution in [3.8, 4) is 0 Å². The van der Waals surface area contributed by atoms with E-state index >= 15 is 0 Å². The van der Waals surface area contributed by atoms with Crippen LogP contribution in [0.4, 0.5) is 0 Å². The zero-order valence-electron chi connectivity index (χ0n) is 10.4. The summed E-state index contributed by atoms with van der Waals surface area (Å²) < 4.78 is 1.21. The van der Waals surface area contributed by atoms with Crippen molar-refractivity contribution in [3.05, 3.63) is 58.2 Å². The molecule has 1 heteroatoms. The van der Waals surface area contributed by atoms with Gasteiger partial charge in [-0.3, -0.25) is 0 Å². The van der Waals surface area contributed by atoms with Crippen molar-refractivity contribution in [1.82, 2.24) is 0 Å². The quantitative estimate of drug-likeness (QED) is 0.602. The summed E-state index contributed by atoms with van der Waals surface area (Å²) in [5.41, 5.74) is 3.92. The van der Waals surface area contributed by atoms with Crippen molar-refractivity contribution in [1.29, 1.82) is 0 Å². The molecule has 0 amide bonds. The van der Waals surface area contributed by atoms with Crippen LogP contribution in [0.25, 0.3) is 0 Å². The van der Waals surface area contributed by atoms with E-state index in [0.29, 0.717) is 0 Å². The predicted octanol–water partition coefficient (Wildman–Crippen LogP) is 5.45. The van der Waals surface area contributed by atoms with E-state index in [2.05, 4.69) is 59.8 Å². The van der Waals surface area contributed by atoms with Gasteiger partial charge >= 0.3 is 0 Å². The second kappa shape index (κ2) is 5.68. The molecule has 0 aromatic heterocycles. The van der Waals surface area contributed by atoms with E-state index in [0.717, 1.165) is 25.2 Å². The van der Waals surface area contributed by atoms with Gasteiger partial charge in [-0.25, -0.2) is 0 Å². The van der Waals surface area contributed by atoms with Gasteiger partial charge < -0.3 is 0 Å². The highest BCUT2D eigenvalue weighted by molar-refractivity contribution is 9.11. The molecule has 17 heavy (non-hydrogen) atoms. The maximum absolute atomic E-state index is 4.12. The van der Waals surface area contributed by atoms with Crippen molar-refractivity contribution in [2.24, 2.45) is 5.92 Å². The van der Waals surface area contributed by atoms with E-state index in [4.69, 9.17) is 0 Å². The Kier molecular flexibility index (Phi) is 4.22. The number of hydrogen-bond donors (Lipinski definition) is 0. The van der Waals surface area contributed by atoms with Crippen molar-refractivity contribution in [3.63, 3.8) is 0 Å². The summed E-state index contributed by atoms with van der Waals surface area (Å²) in [4.78, 5) is 0. The van der Waals surface area contributed by atoms with Crippen LogP contribution >= 0.6 is 15.9 Å². The molecule has 1 atom stereocenters. The van der Waals surface area contributed by atoms with E-state index in [9.17, 15) is 0 Å². The normalized spacial score (nSPS) is 29.9. The van der Waals surface area contributed by atoms with Gasteiger partial charge in [0.1, 0.15) is 0 Å². The van der Waals surface area contributed by atoms with E-state index in [1.165, 1.54) is 27.6 Å². The fraction of sp³-hybridized carbons (Fsp3) is 0.375. The molecule has 0 saturated heterocycles. The van der Waals surface area contributed by atoms with Crippen LogP contribution in [-0.4, -0.2) is 0 Å². The zero-order chi connectivity index (χ0) is 12.3. The van der Waals surface area contributed by atoms with Crippen LogP contribution in [0.15, 0.2) is 58.2 Å². The topological polar surface area (TPSA) is 0 Å². The Morgan fingerprint density at radius 2 is 2.24 bits per heavy atom. The summed E-state index contributed by atoms with van der Waals surface area (Å²) in [5.74, 6) is 0.719. The monoisotopic (exact) mass is 290 g/mol. The lowest BCUT2D eigenvalue weighted by molar-refractivity contribution is 0.631. The molecule has 0 heterocycles. The molecule has 2 rings (SSSR count). The maximum Gasteiger partial charge on any atom is 0.0213 e. The van der Waals surface area contributed by atoms with Gasteiger partial charge in [0, 0.05) is 4.48 Å². The first-order chi connectivity index (χ1) is 8.16. The Morgan fingerprint density at radius 3 is 2.88 bits per heavy atom. The lowest BCUT2D eigenvalue weighted by Gasteiger charge is -2.16. The van der Waals surface area contributed by atoms with Crippen LogP contribution in [0.1, 0.15) is 32.6 Å². The Morgan fingerprint density at radius 1 is 1.41 bits per heavy atom. The predicted molar refractivity (Wildman–Crippen MR) is 79.1 cm³/mol. The third-order valence-electron chi connectivity index (χ3n) is 3.40. The zero-order valence-corrected chi connectivity index (χ0v) is 12.0. The van der Waals surface area contributed by atoms with Crippen LogP contribution in [0.2, 0.25) is 0 Å². The highest BCUT2D eigenvalue weighted by Crippen LogP contribution is 2.30. The van der Waals surface area contributed by atoms with E-state index < -0.39 is 0 Å². The minimum Gasteiger partial charge on any atom is -0.0952 e. The van der Waals surface area contributed by atoms with Crippen molar-refractivity contribution in [2.45, 2.75) is 32.6 Å². The van der Waals surface area contributed by atoms with Gasteiger partial charge in [-0.1, -0.05) is 53.7 Å². The third-order valence-corrected chi connectivity index (χ3v) is 4.14. The number of rotatable bonds is 1. The molecule has 2 aliphatic rings. The smallest absolute Gasteiger partial charge is 0.0213 e. The van der Waals surface area contributed by atoms with Crippen LogP contribution in [-0.2, 0) is 0 Å². The van der Waals surface area contributed by atoms with Crippen molar-refractivity contribution < 1.29 is 0 Å². The molecule has 90 valence electrons. The molecule has 0 aromatic carbocycles. The fourth-order valence-electron chi connectivity index (χ4n) is 2.15. The molecular formula is C16H19Br. The Bertz CT molecular complexity index is 432. The Labute approximate surface area is 113 Å². The molecule has 0 unspecified atom stereocenters. The molecule has 0 aliphatic heterocycles. The lowest BCUT2D eigenvalue weighted by Crippen LogP contribution is -1.98. The lowest BCUT2D eigenvalue weighted by atomic mass is 9.92. The summed E-state index contributed by atoms with van der Waals surface area (Å²) in [5, 5.41) is 0. The molecule has 0 radical (unpaired) electrons. The minimum absolute atomic E-state index is 0.719. The molecule has 0 N–H and O–H groups in total. The molecule has 0 bridgehead atoms. The number of hydrogen-bond acceptors (Lipinski definition) is 0. The standard InChI is InChI=1S/C16H19Br/c1-12-7-9-14(10-8-12)16(17)11-15-6-4-3-5-13(15)2/h4,6-7,9,11-12H,2-3,5,8,10H2,1H3/b15-11-,16-14+/t12-/m1/s1. The SMILES string of the molecule is C=C1CCC=C/C1=C/C(Br)=C1/C=C[C@@H](C)CC1. The largest absolute Gasteiger partial charge is 0.0952 e. The van der Waals surface area contributed by atoms with Gasteiger partial charge in [0.15, 0.2) is 0 Å². The molecule has 0 saturated carbocycles. The maximum atomic E-state index is 4.12. The summed E-state index contributed by atoms with van der Waals surface area (Å²) in [6.45, 7) is 6.39. The minimum atomic E-state index is 0.719. The Balaban J connectivity index is 2.23. The first-order valence-corrected chi connectivity index (χ1v) is 7.09. The van der Waals surface area contributed by atoms with Gasteiger partial charge in [0.05, 0.1) is 0 Å². The van der Waals surface area contributed by atoms with Crippen LogP contribution in [0.3, 0.4) is 0 Å². The molecule has 0 fully saturated rings. The fourth-order valence-corrected chi connectivity index (χ4v) is 2.73. The number of allylic oxidation sites excluding steroid dienone is 9. The second-order valence-electron chi connectivity index (χ2n) is 4.89. The second-order valence-corrected chi connectivity index (χ2v) is 5.75. The van der Waals surface area contributed by atoms with Gasteiger partial charge in [-0.2, -0.15) is 0 Å². The van der Waals surface area contributed by atoms with Gasteiger partial charge in [-0.05, 0) is 54.4 Å². The van der Waals surface area contributed by atoms with E-state index in [1.807, 2.05) is 0 Å². The van der Waals surface area contributed by atoms with Crippen LogP contribution in [0.5, 0.6) is 0 Å². The summed E-state index contributed by atoms with van der Waals surface area (Å²) >= 11 is 3.70. The average Bonchev–Trinajstić information content (AvgIpc) is 2.33. The van der Waals surface area contributed by atoms with Crippen LogP contribution < -0.4 is 0 Å². The highest BCUT2D eigenvalue weighted by atomic mass is 79.9. The molecule has 2 aliphatic carbocycles. The average molecular weight is 291 g/mol. The van der Waals surface area contributed by atoms with Gasteiger partial charge in [0.25, 0.3) is 0 Å². The first kappa shape index (κ1) is 12.6. The molecular weight excluding hydrogens is 272 g/mol. The summed E-state index contributed by atoms with van der Waals surface area (Å²) in [6.07, 6.45) is 15.8. The van der Waals surface area contributed by atoms with E-state index in [1.54, 1.807) is 0 Å². The Hall–Kier alpha value is -0.820.